The quantitative estimate of drug-likeness (QED) is 0.752. The monoisotopic (exact) mass is 211 g/mol. The van der Waals surface area contributed by atoms with Gasteiger partial charge in [-0.1, -0.05) is 31.2 Å². The first kappa shape index (κ1) is 9.83. The van der Waals surface area contributed by atoms with Crippen molar-refractivity contribution < 1.29 is 0 Å². The van der Waals surface area contributed by atoms with Gasteiger partial charge in [0.1, 0.15) is 0 Å². The Balaban J connectivity index is 1.86. The van der Waals surface area contributed by atoms with Crippen molar-refractivity contribution in [1.29, 1.82) is 0 Å². The molecular weight excluding hydrogens is 194 g/mol. The second-order valence-corrected chi connectivity index (χ2v) is 5.01. The van der Waals surface area contributed by atoms with Gasteiger partial charge in [-0.3, -0.25) is 4.98 Å². The van der Waals surface area contributed by atoms with Gasteiger partial charge in [0.2, 0.25) is 0 Å². The summed E-state index contributed by atoms with van der Waals surface area (Å²) in [5, 5.41) is 1.24. The number of pyridine rings is 1. The molecule has 1 nitrogen and oxygen atoms in total. The zero-order valence-corrected chi connectivity index (χ0v) is 9.69. The number of fused-ring (bicyclic) bond motifs is 1. The largest absolute Gasteiger partial charge is 0.253 e. The Morgan fingerprint density at radius 1 is 1.19 bits per heavy atom. The molecule has 0 amide bonds. The van der Waals surface area contributed by atoms with Gasteiger partial charge in [-0.25, -0.2) is 0 Å². The fourth-order valence-corrected chi connectivity index (χ4v) is 2.38. The Kier molecular flexibility index (Phi) is 2.39. The molecule has 0 spiro atoms. The average Bonchev–Trinajstić information content (AvgIpc) is 3.12. The molecule has 1 saturated carbocycles. The van der Waals surface area contributed by atoms with Crippen molar-refractivity contribution in [3.63, 3.8) is 0 Å². The van der Waals surface area contributed by atoms with Crippen molar-refractivity contribution in [3.05, 3.63) is 42.1 Å². The lowest BCUT2D eigenvalue weighted by molar-refractivity contribution is 0.501. The lowest BCUT2D eigenvalue weighted by Gasteiger charge is -2.09. The highest BCUT2D eigenvalue weighted by atomic mass is 14.7. The van der Waals surface area contributed by atoms with Gasteiger partial charge in [-0.2, -0.15) is 0 Å². The van der Waals surface area contributed by atoms with Crippen LogP contribution in [0.1, 0.15) is 25.5 Å². The second kappa shape index (κ2) is 3.89. The van der Waals surface area contributed by atoms with E-state index in [9.17, 15) is 0 Å². The third kappa shape index (κ3) is 1.95. The van der Waals surface area contributed by atoms with Crippen LogP contribution in [0.3, 0.4) is 0 Å². The first-order valence-corrected chi connectivity index (χ1v) is 6.17. The molecule has 0 radical (unpaired) electrons. The van der Waals surface area contributed by atoms with Crippen molar-refractivity contribution in [2.75, 3.05) is 0 Å². The third-order valence-electron chi connectivity index (χ3n) is 3.61. The molecular formula is C15H17N. The first-order valence-electron chi connectivity index (χ1n) is 6.17. The van der Waals surface area contributed by atoms with E-state index in [4.69, 9.17) is 4.98 Å². The molecule has 0 N–H and O–H groups in total. The lowest BCUT2D eigenvalue weighted by Crippen LogP contribution is -2.03. The van der Waals surface area contributed by atoms with Gasteiger partial charge in [0.25, 0.3) is 0 Å². The van der Waals surface area contributed by atoms with Crippen LogP contribution in [0.5, 0.6) is 0 Å². The van der Waals surface area contributed by atoms with Crippen LogP contribution >= 0.6 is 0 Å². The Hall–Kier alpha value is -1.37. The van der Waals surface area contributed by atoms with E-state index in [-0.39, 0.29) is 0 Å². The van der Waals surface area contributed by atoms with Gasteiger partial charge in [-0.15, -0.1) is 0 Å². The minimum atomic E-state index is 0.800. The summed E-state index contributed by atoms with van der Waals surface area (Å²) in [6.07, 6.45) is 3.99. The van der Waals surface area contributed by atoms with Crippen LogP contribution in [0.25, 0.3) is 10.9 Å². The SMILES string of the molecule is C[C@@H](Cc1ccc2ccccc2n1)C1CC1. The molecule has 3 rings (SSSR count). The molecule has 1 heteroatoms. The van der Waals surface area contributed by atoms with Gasteiger partial charge >= 0.3 is 0 Å². The van der Waals surface area contributed by atoms with Crippen LogP contribution in [-0.2, 0) is 6.42 Å². The molecule has 82 valence electrons. The van der Waals surface area contributed by atoms with E-state index in [0.717, 1.165) is 23.8 Å². The lowest BCUT2D eigenvalue weighted by atomic mass is 9.99. The summed E-state index contributed by atoms with van der Waals surface area (Å²) < 4.78 is 0. The predicted octanol–water partition coefficient (Wildman–Crippen LogP) is 3.82. The number of aromatic nitrogens is 1. The molecule has 16 heavy (non-hydrogen) atoms. The number of hydrogen-bond donors (Lipinski definition) is 0. The number of para-hydroxylation sites is 1. The summed E-state index contributed by atoms with van der Waals surface area (Å²) in [5.74, 6) is 1.77. The van der Waals surface area contributed by atoms with E-state index in [1.165, 1.54) is 23.9 Å². The molecule has 1 aliphatic rings. The fraction of sp³-hybridized carbons (Fsp3) is 0.400. The number of rotatable bonds is 3. The molecule has 1 aliphatic carbocycles. The molecule has 1 fully saturated rings. The fourth-order valence-electron chi connectivity index (χ4n) is 2.38. The van der Waals surface area contributed by atoms with Gasteiger partial charge in [0, 0.05) is 11.1 Å². The van der Waals surface area contributed by atoms with Crippen molar-refractivity contribution in [2.24, 2.45) is 11.8 Å². The zero-order valence-electron chi connectivity index (χ0n) is 9.69. The summed E-state index contributed by atoms with van der Waals surface area (Å²) in [5.41, 5.74) is 2.38. The zero-order chi connectivity index (χ0) is 11.0. The van der Waals surface area contributed by atoms with E-state index < -0.39 is 0 Å². The molecule has 1 aromatic heterocycles. The van der Waals surface area contributed by atoms with E-state index in [1.807, 2.05) is 0 Å². The van der Waals surface area contributed by atoms with Crippen molar-refractivity contribution in [2.45, 2.75) is 26.2 Å². The smallest absolute Gasteiger partial charge is 0.0705 e. The van der Waals surface area contributed by atoms with Crippen LogP contribution in [0.15, 0.2) is 36.4 Å². The maximum absolute atomic E-state index is 4.73. The van der Waals surface area contributed by atoms with Gasteiger partial charge < -0.3 is 0 Å². The van der Waals surface area contributed by atoms with Crippen LogP contribution < -0.4 is 0 Å². The van der Waals surface area contributed by atoms with E-state index in [0.29, 0.717) is 0 Å². The summed E-state index contributed by atoms with van der Waals surface area (Å²) >= 11 is 0. The minimum Gasteiger partial charge on any atom is -0.253 e. The van der Waals surface area contributed by atoms with E-state index in [1.54, 1.807) is 0 Å². The van der Waals surface area contributed by atoms with Gasteiger partial charge in [0.05, 0.1) is 5.52 Å². The highest BCUT2D eigenvalue weighted by Gasteiger charge is 2.27. The van der Waals surface area contributed by atoms with Crippen molar-refractivity contribution in [3.8, 4) is 0 Å². The maximum atomic E-state index is 4.73. The van der Waals surface area contributed by atoms with Gasteiger partial charge in [-0.05, 0) is 43.2 Å². The summed E-state index contributed by atoms with van der Waals surface area (Å²) in [6, 6.07) is 12.7. The summed E-state index contributed by atoms with van der Waals surface area (Å²) in [4.78, 5) is 4.73. The summed E-state index contributed by atoms with van der Waals surface area (Å²) in [7, 11) is 0. The van der Waals surface area contributed by atoms with Crippen LogP contribution in [0.2, 0.25) is 0 Å². The highest BCUT2D eigenvalue weighted by molar-refractivity contribution is 5.78. The number of benzene rings is 1. The van der Waals surface area contributed by atoms with Crippen molar-refractivity contribution >= 4 is 10.9 Å². The summed E-state index contributed by atoms with van der Waals surface area (Å²) in [6.45, 7) is 2.36. The molecule has 0 bridgehead atoms. The first-order chi connectivity index (χ1) is 7.83. The molecule has 0 unspecified atom stereocenters. The minimum absolute atomic E-state index is 0.800. The normalized spacial score (nSPS) is 17.6. The Morgan fingerprint density at radius 2 is 2.00 bits per heavy atom. The molecule has 0 saturated heterocycles. The second-order valence-electron chi connectivity index (χ2n) is 5.01. The van der Waals surface area contributed by atoms with E-state index in [2.05, 4.69) is 43.3 Å². The molecule has 2 aromatic rings. The third-order valence-corrected chi connectivity index (χ3v) is 3.61. The standard InChI is InChI=1S/C15H17N/c1-11(12-6-7-12)10-14-9-8-13-4-2-3-5-15(13)16-14/h2-5,8-9,11-12H,6-7,10H2,1H3/t11-/m0/s1. The molecule has 1 heterocycles. The molecule has 1 atom stereocenters. The van der Waals surface area contributed by atoms with Crippen LogP contribution in [0, 0.1) is 11.8 Å². The maximum Gasteiger partial charge on any atom is 0.0705 e. The Morgan fingerprint density at radius 3 is 2.81 bits per heavy atom. The highest BCUT2D eigenvalue weighted by Crippen LogP contribution is 2.37. The topological polar surface area (TPSA) is 12.9 Å². The number of hydrogen-bond acceptors (Lipinski definition) is 1. The van der Waals surface area contributed by atoms with Crippen molar-refractivity contribution in [1.82, 2.24) is 4.98 Å². The van der Waals surface area contributed by atoms with Gasteiger partial charge in [0.15, 0.2) is 0 Å². The number of nitrogens with zero attached hydrogens (tertiary/aromatic N) is 1. The average molecular weight is 211 g/mol. The van der Waals surface area contributed by atoms with Crippen LogP contribution in [-0.4, -0.2) is 4.98 Å². The van der Waals surface area contributed by atoms with Crippen LogP contribution in [0.4, 0.5) is 0 Å². The van der Waals surface area contributed by atoms with E-state index >= 15 is 0 Å². The Bertz CT molecular complexity index is 500. The Labute approximate surface area is 96.5 Å². The molecule has 1 aromatic carbocycles. The predicted molar refractivity (Wildman–Crippen MR) is 67.3 cm³/mol. The molecule has 0 aliphatic heterocycles.